The number of thiazole rings is 1. The lowest BCUT2D eigenvalue weighted by atomic mass is 10.3. The summed E-state index contributed by atoms with van der Waals surface area (Å²) in [7, 11) is 0. The van der Waals surface area contributed by atoms with Crippen molar-refractivity contribution in [2.24, 2.45) is 0 Å². The van der Waals surface area contributed by atoms with Crippen LogP contribution in [0.5, 0.6) is 0 Å². The van der Waals surface area contributed by atoms with Gasteiger partial charge in [0.2, 0.25) is 0 Å². The summed E-state index contributed by atoms with van der Waals surface area (Å²) in [6, 6.07) is 1.44. The highest BCUT2D eigenvalue weighted by atomic mass is 79.9. The van der Waals surface area contributed by atoms with E-state index in [4.69, 9.17) is 0 Å². The Morgan fingerprint density at radius 2 is 2.16 bits per heavy atom. The van der Waals surface area contributed by atoms with E-state index in [1.807, 2.05) is 11.4 Å². The highest BCUT2D eigenvalue weighted by Gasteiger charge is 2.09. The molecule has 0 bridgehead atoms. The van der Waals surface area contributed by atoms with E-state index in [1.54, 1.807) is 16.7 Å². The van der Waals surface area contributed by atoms with Gasteiger partial charge in [0.25, 0.3) is 5.91 Å². The first-order valence-corrected chi connectivity index (χ1v) is 7.67. The number of nitrogens with one attached hydrogen (secondary N) is 3. The van der Waals surface area contributed by atoms with Crippen molar-refractivity contribution in [1.82, 2.24) is 21.2 Å². The average Bonchev–Trinajstić information content (AvgIpc) is 3.04. The van der Waals surface area contributed by atoms with Crippen LogP contribution in [0.25, 0.3) is 0 Å². The summed E-state index contributed by atoms with van der Waals surface area (Å²) in [4.78, 5) is 26.7. The molecule has 2 aromatic heterocycles. The van der Waals surface area contributed by atoms with Crippen LogP contribution in [0.2, 0.25) is 0 Å². The van der Waals surface area contributed by atoms with Gasteiger partial charge in [-0.1, -0.05) is 0 Å². The molecule has 0 unspecified atom stereocenters. The van der Waals surface area contributed by atoms with Gasteiger partial charge in [0, 0.05) is 18.1 Å². The quantitative estimate of drug-likeness (QED) is 0.733. The minimum Gasteiger partial charge on any atom is -0.333 e. The maximum absolute atomic E-state index is 11.5. The van der Waals surface area contributed by atoms with E-state index in [0.717, 1.165) is 9.35 Å². The molecule has 0 aliphatic carbocycles. The summed E-state index contributed by atoms with van der Waals surface area (Å²) in [5.41, 5.74) is 5.51. The molecule has 100 valence electrons. The van der Waals surface area contributed by atoms with Crippen LogP contribution in [-0.4, -0.2) is 16.9 Å². The molecule has 0 saturated heterocycles. The zero-order valence-electron chi connectivity index (χ0n) is 9.47. The summed E-state index contributed by atoms with van der Waals surface area (Å²) in [5, 5.41) is 6.52. The van der Waals surface area contributed by atoms with Crippen molar-refractivity contribution in [1.29, 1.82) is 0 Å². The standard InChI is InChI=1S/C10H9BrN4O2S2/c11-7-3-6(5-19-7)4-13-10(17)15-14-8(16)9-12-1-2-18-9/h1-3,5H,4H2,(H,14,16)(H2,13,15,17). The Hall–Kier alpha value is -1.45. The molecule has 0 saturated carbocycles. The van der Waals surface area contributed by atoms with Crippen LogP contribution in [0.1, 0.15) is 15.4 Å². The molecule has 0 fully saturated rings. The van der Waals surface area contributed by atoms with Crippen LogP contribution < -0.4 is 16.2 Å². The second kappa shape index (κ2) is 6.64. The number of hydrogen-bond acceptors (Lipinski definition) is 5. The Balaban J connectivity index is 1.71. The number of thiophene rings is 1. The Labute approximate surface area is 125 Å². The van der Waals surface area contributed by atoms with Crippen molar-refractivity contribution in [3.8, 4) is 0 Å². The third-order valence-electron chi connectivity index (χ3n) is 1.99. The van der Waals surface area contributed by atoms with E-state index in [2.05, 4.69) is 37.1 Å². The van der Waals surface area contributed by atoms with Gasteiger partial charge >= 0.3 is 6.03 Å². The number of rotatable bonds is 3. The fraction of sp³-hybridized carbons (Fsp3) is 0.100. The molecule has 0 aliphatic rings. The molecule has 0 aliphatic heterocycles. The third kappa shape index (κ3) is 4.30. The summed E-state index contributed by atoms with van der Waals surface area (Å²) in [6.07, 6.45) is 1.52. The van der Waals surface area contributed by atoms with E-state index in [1.165, 1.54) is 17.5 Å². The van der Waals surface area contributed by atoms with Gasteiger partial charge in [-0.25, -0.2) is 15.2 Å². The predicted molar refractivity (Wildman–Crippen MR) is 77.0 cm³/mol. The number of carbonyl (C=O) groups is 2. The first kappa shape index (κ1) is 14.0. The number of hydrogen-bond donors (Lipinski definition) is 3. The van der Waals surface area contributed by atoms with Crippen molar-refractivity contribution < 1.29 is 9.59 Å². The van der Waals surface area contributed by atoms with Gasteiger partial charge in [-0.3, -0.25) is 10.2 Å². The smallest absolute Gasteiger partial charge is 0.333 e. The second-order valence-electron chi connectivity index (χ2n) is 3.36. The van der Waals surface area contributed by atoms with E-state index in [9.17, 15) is 9.59 Å². The Morgan fingerprint density at radius 1 is 1.32 bits per heavy atom. The molecule has 0 radical (unpaired) electrons. The zero-order valence-corrected chi connectivity index (χ0v) is 12.7. The minimum absolute atomic E-state index is 0.294. The second-order valence-corrected chi connectivity index (χ2v) is 6.54. The van der Waals surface area contributed by atoms with Gasteiger partial charge in [-0.2, -0.15) is 0 Å². The van der Waals surface area contributed by atoms with Crippen LogP contribution in [-0.2, 0) is 6.54 Å². The molecule has 9 heteroatoms. The molecule has 2 aromatic rings. The van der Waals surface area contributed by atoms with Crippen molar-refractivity contribution in [2.75, 3.05) is 0 Å². The number of amides is 3. The molecular weight excluding hydrogens is 352 g/mol. The monoisotopic (exact) mass is 360 g/mol. The Morgan fingerprint density at radius 3 is 2.79 bits per heavy atom. The lowest BCUT2D eigenvalue weighted by Crippen LogP contribution is -2.46. The number of urea groups is 1. The predicted octanol–water partition coefficient (Wildman–Crippen LogP) is 2.11. The van der Waals surface area contributed by atoms with Crippen LogP contribution in [0.3, 0.4) is 0 Å². The molecule has 6 nitrogen and oxygen atoms in total. The van der Waals surface area contributed by atoms with Crippen LogP contribution in [0, 0.1) is 0 Å². The lowest BCUT2D eigenvalue weighted by molar-refractivity contribution is 0.0936. The van der Waals surface area contributed by atoms with Gasteiger partial charge < -0.3 is 5.32 Å². The average molecular weight is 361 g/mol. The zero-order chi connectivity index (χ0) is 13.7. The fourth-order valence-electron chi connectivity index (χ4n) is 1.17. The van der Waals surface area contributed by atoms with Crippen molar-refractivity contribution >= 4 is 50.5 Å². The minimum atomic E-state index is -0.479. The summed E-state index contributed by atoms with van der Waals surface area (Å²) in [5.74, 6) is -0.441. The van der Waals surface area contributed by atoms with E-state index < -0.39 is 11.9 Å². The first-order valence-electron chi connectivity index (χ1n) is 5.12. The largest absolute Gasteiger partial charge is 0.333 e. The number of halogens is 1. The van der Waals surface area contributed by atoms with Gasteiger partial charge in [0.05, 0.1) is 3.79 Å². The molecule has 0 aromatic carbocycles. The molecule has 19 heavy (non-hydrogen) atoms. The number of carbonyl (C=O) groups excluding carboxylic acids is 2. The summed E-state index contributed by atoms with van der Waals surface area (Å²) in [6.45, 7) is 0.390. The topological polar surface area (TPSA) is 83.1 Å². The van der Waals surface area contributed by atoms with Gasteiger partial charge in [0.1, 0.15) is 0 Å². The fourth-order valence-corrected chi connectivity index (χ4v) is 2.91. The van der Waals surface area contributed by atoms with Crippen LogP contribution >= 0.6 is 38.6 Å². The molecule has 0 spiro atoms. The molecule has 2 rings (SSSR count). The Bertz CT molecular complexity index is 570. The maximum Gasteiger partial charge on any atom is 0.333 e. The molecular formula is C10H9BrN4O2S2. The molecule has 0 atom stereocenters. The highest BCUT2D eigenvalue weighted by molar-refractivity contribution is 9.11. The number of nitrogens with zero attached hydrogens (tertiary/aromatic N) is 1. The van der Waals surface area contributed by atoms with E-state index in [0.29, 0.717) is 11.6 Å². The van der Waals surface area contributed by atoms with Crippen LogP contribution in [0.4, 0.5) is 4.79 Å². The van der Waals surface area contributed by atoms with Crippen molar-refractivity contribution in [2.45, 2.75) is 6.54 Å². The third-order valence-corrected chi connectivity index (χ3v) is 4.32. The molecule has 3 amide bonds. The first-order chi connectivity index (χ1) is 9.15. The normalized spacial score (nSPS) is 9.95. The van der Waals surface area contributed by atoms with Gasteiger partial charge in [-0.15, -0.1) is 22.7 Å². The van der Waals surface area contributed by atoms with Crippen molar-refractivity contribution in [3.63, 3.8) is 0 Å². The van der Waals surface area contributed by atoms with Gasteiger partial charge in [-0.05, 0) is 32.9 Å². The van der Waals surface area contributed by atoms with Crippen molar-refractivity contribution in [3.05, 3.63) is 37.4 Å². The SMILES string of the molecule is O=C(NCc1csc(Br)c1)NNC(=O)c1nccs1. The van der Waals surface area contributed by atoms with Crippen LogP contribution in [0.15, 0.2) is 26.8 Å². The summed E-state index contributed by atoms with van der Waals surface area (Å²) >= 11 is 6.08. The van der Waals surface area contributed by atoms with E-state index >= 15 is 0 Å². The maximum atomic E-state index is 11.5. The number of aromatic nitrogens is 1. The lowest BCUT2D eigenvalue weighted by Gasteiger charge is -2.06. The van der Waals surface area contributed by atoms with E-state index in [-0.39, 0.29) is 0 Å². The van der Waals surface area contributed by atoms with Gasteiger partial charge in [0.15, 0.2) is 5.01 Å². The summed E-state index contributed by atoms with van der Waals surface area (Å²) < 4.78 is 1.00. The number of hydrazine groups is 1. The molecule has 3 N–H and O–H groups in total. The highest BCUT2D eigenvalue weighted by Crippen LogP contribution is 2.20. The molecule has 2 heterocycles. The Kier molecular flexibility index (Phi) is 4.88.